The Morgan fingerprint density at radius 1 is 1.04 bits per heavy atom. The topological polar surface area (TPSA) is 44.4 Å². The molecule has 3 rings (SSSR count). The van der Waals surface area contributed by atoms with Crippen LogP contribution in [0.5, 0.6) is 0 Å². The summed E-state index contributed by atoms with van der Waals surface area (Å²) in [6.07, 6.45) is 3.78. The fraction of sp³-hybridized carbons (Fsp3) is 0.409. The van der Waals surface area contributed by atoms with Crippen LogP contribution in [0.1, 0.15) is 48.9 Å². The molecule has 1 aliphatic rings. The number of carbonyl (C=O) groups is 1. The predicted molar refractivity (Wildman–Crippen MR) is 106 cm³/mol. The minimum Gasteiger partial charge on any atom is -0.334 e. The van der Waals surface area contributed by atoms with Gasteiger partial charge in [-0.05, 0) is 61.7 Å². The molecule has 0 radical (unpaired) electrons. The minimum atomic E-state index is -0.918. The normalized spacial score (nSPS) is 15.8. The van der Waals surface area contributed by atoms with E-state index in [-0.39, 0.29) is 6.03 Å². The maximum absolute atomic E-state index is 13.4. The number of benzene rings is 2. The molecule has 1 fully saturated rings. The second-order valence-electron chi connectivity index (χ2n) is 7.33. The van der Waals surface area contributed by atoms with E-state index in [0.29, 0.717) is 12.1 Å². The van der Waals surface area contributed by atoms with E-state index in [1.165, 1.54) is 30.9 Å². The summed E-state index contributed by atoms with van der Waals surface area (Å²) in [7, 11) is 0. The number of likely N-dealkylation sites (tertiary alicyclic amines) is 1. The highest BCUT2D eigenvalue weighted by Gasteiger charge is 2.14. The van der Waals surface area contributed by atoms with Gasteiger partial charge in [0.2, 0.25) is 0 Å². The van der Waals surface area contributed by atoms with Gasteiger partial charge in [0.25, 0.3) is 0 Å². The van der Waals surface area contributed by atoms with Crippen LogP contribution in [0.15, 0.2) is 42.5 Å². The zero-order valence-electron chi connectivity index (χ0n) is 16.2. The van der Waals surface area contributed by atoms with Crippen LogP contribution in [0, 0.1) is 11.6 Å². The quantitative estimate of drug-likeness (QED) is 0.766. The van der Waals surface area contributed by atoms with Crippen LogP contribution in [0.25, 0.3) is 0 Å². The fourth-order valence-corrected chi connectivity index (χ4v) is 3.53. The van der Waals surface area contributed by atoms with Crippen LogP contribution in [0.3, 0.4) is 0 Å². The van der Waals surface area contributed by atoms with Crippen molar-refractivity contribution in [2.24, 2.45) is 0 Å². The number of amides is 2. The number of carbonyl (C=O) groups excluding carboxylic acids is 1. The first kappa shape index (κ1) is 20.3. The van der Waals surface area contributed by atoms with Crippen LogP contribution in [-0.4, -0.2) is 24.0 Å². The summed E-state index contributed by atoms with van der Waals surface area (Å²) in [5.74, 6) is -1.82. The molecule has 0 spiro atoms. The lowest BCUT2D eigenvalue weighted by molar-refractivity contribution is 0.220. The summed E-state index contributed by atoms with van der Waals surface area (Å²) in [6, 6.07) is 11.0. The molecular weight excluding hydrogens is 360 g/mol. The highest BCUT2D eigenvalue weighted by Crippen LogP contribution is 2.17. The number of hydrogen-bond acceptors (Lipinski definition) is 2. The maximum Gasteiger partial charge on any atom is 0.315 e. The second-order valence-corrected chi connectivity index (χ2v) is 7.33. The number of hydrogen-bond donors (Lipinski definition) is 2. The van der Waals surface area contributed by atoms with Gasteiger partial charge in [-0.25, -0.2) is 13.6 Å². The fourth-order valence-electron chi connectivity index (χ4n) is 3.53. The molecule has 2 aromatic carbocycles. The van der Waals surface area contributed by atoms with Gasteiger partial charge in [0.05, 0.1) is 6.04 Å². The van der Waals surface area contributed by atoms with Crippen molar-refractivity contribution < 1.29 is 13.6 Å². The van der Waals surface area contributed by atoms with Crippen molar-refractivity contribution in [2.45, 2.75) is 45.3 Å². The summed E-state index contributed by atoms with van der Waals surface area (Å²) < 4.78 is 26.4. The highest BCUT2D eigenvalue weighted by molar-refractivity contribution is 5.74. The number of nitrogens with one attached hydrogen (secondary N) is 2. The number of nitrogens with zero attached hydrogens (tertiary/aromatic N) is 1. The van der Waals surface area contributed by atoms with Crippen molar-refractivity contribution in [1.82, 2.24) is 15.5 Å². The number of rotatable bonds is 6. The number of halogens is 2. The molecule has 1 heterocycles. The van der Waals surface area contributed by atoms with Gasteiger partial charge in [-0.2, -0.15) is 0 Å². The molecule has 1 unspecified atom stereocenters. The smallest absolute Gasteiger partial charge is 0.315 e. The Morgan fingerprint density at radius 3 is 2.46 bits per heavy atom. The van der Waals surface area contributed by atoms with Crippen molar-refractivity contribution in [3.8, 4) is 0 Å². The van der Waals surface area contributed by atoms with Gasteiger partial charge in [-0.1, -0.05) is 36.8 Å². The molecule has 0 aliphatic carbocycles. The maximum atomic E-state index is 13.4. The third kappa shape index (κ3) is 5.52. The lowest BCUT2D eigenvalue weighted by atomic mass is 10.0. The molecule has 2 aromatic rings. The van der Waals surface area contributed by atoms with E-state index < -0.39 is 17.7 Å². The molecule has 1 saturated heterocycles. The molecule has 2 amide bonds. The first-order chi connectivity index (χ1) is 13.5. The van der Waals surface area contributed by atoms with Gasteiger partial charge in [0.1, 0.15) is 0 Å². The van der Waals surface area contributed by atoms with E-state index in [4.69, 9.17) is 0 Å². The van der Waals surface area contributed by atoms with Crippen LogP contribution >= 0.6 is 0 Å². The zero-order chi connectivity index (χ0) is 19.9. The van der Waals surface area contributed by atoms with Crippen molar-refractivity contribution in [2.75, 3.05) is 13.1 Å². The van der Waals surface area contributed by atoms with Crippen molar-refractivity contribution >= 4 is 6.03 Å². The molecule has 28 heavy (non-hydrogen) atoms. The monoisotopic (exact) mass is 387 g/mol. The summed E-state index contributed by atoms with van der Waals surface area (Å²) in [5, 5.41) is 5.63. The number of urea groups is 1. The van der Waals surface area contributed by atoms with Crippen LogP contribution in [0.2, 0.25) is 0 Å². The Hall–Kier alpha value is -2.47. The Bertz CT molecular complexity index is 806. The predicted octanol–water partition coefficient (Wildman–Crippen LogP) is 4.51. The number of piperidine rings is 1. The van der Waals surface area contributed by atoms with Gasteiger partial charge in [-0.15, -0.1) is 0 Å². The molecular formula is C22H27F2N3O. The van der Waals surface area contributed by atoms with E-state index in [0.717, 1.165) is 37.3 Å². The Labute approximate surface area is 164 Å². The summed E-state index contributed by atoms with van der Waals surface area (Å²) in [6.45, 7) is 5.28. The van der Waals surface area contributed by atoms with Gasteiger partial charge < -0.3 is 10.6 Å². The van der Waals surface area contributed by atoms with Crippen LogP contribution in [0.4, 0.5) is 13.6 Å². The van der Waals surface area contributed by atoms with E-state index in [2.05, 4.69) is 21.6 Å². The highest BCUT2D eigenvalue weighted by atomic mass is 19.2. The molecule has 1 atom stereocenters. The van der Waals surface area contributed by atoms with E-state index in [9.17, 15) is 13.6 Å². The third-order valence-electron chi connectivity index (χ3n) is 5.19. The van der Waals surface area contributed by atoms with Crippen LogP contribution in [-0.2, 0) is 13.1 Å². The van der Waals surface area contributed by atoms with Gasteiger partial charge in [0, 0.05) is 13.1 Å². The molecule has 0 bridgehead atoms. The standard InChI is InChI=1S/C22H27F2N3O/c1-16(17-9-10-20(23)21(24)13-17)26-22(28)25-14-18-7-3-4-8-19(18)15-27-11-5-2-6-12-27/h3-4,7-10,13,16H,2,5-6,11-12,14-15H2,1H3,(H2,25,26,28). The average Bonchev–Trinajstić information content (AvgIpc) is 2.70. The lowest BCUT2D eigenvalue weighted by Gasteiger charge is -2.27. The van der Waals surface area contributed by atoms with Crippen molar-refractivity contribution in [3.05, 3.63) is 70.8 Å². The van der Waals surface area contributed by atoms with Gasteiger partial charge in [0.15, 0.2) is 11.6 Å². The summed E-state index contributed by atoms with van der Waals surface area (Å²) in [5.41, 5.74) is 2.82. The first-order valence-corrected chi connectivity index (χ1v) is 9.81. The second kappa shape index (κ2) is 9.64. The lowest BCUT2D eigenvalue weighted by Crippen LogP contribution is -2.37. The Morgan fingerprint density at radius 2 is 1.75 bits per heavy atom. The van der Waals surface area contributed by atoms with E-state index in [1.54, 1.807) is 6.92 Å². The summed E-state index contributed by atoms with van der Waals surface area (Å²) in [4.78, 5) is 14.7. The Balaban J connectivity index is 1.54. The zero-order valence-corrected chi connectivity index (χ0v) is 16.2. The molecule has 6 heteroatoms. The molecule has 2 N–H and O–H groups in total. The van der Waals surface area contributed by atoms with Crippen LogP contribution < -0.4 is 10.6 Å². The molecule has 1 aliphatic heterocycles. The third-order valence-corrected chi connectivity index (χ3v) is 5.19. The molecule has 0 saturated carbocycles. The largest absolute Gasteiger partial charge is 0.334 e. The van der Waals surface area contributed by atoms with E-state index >= 15 is 0 Å². The van der Waals surface area contributed by atoms with Crippen molar-refractivity contribution in [3.63, 3.8) is 0 Å². The SMILES string of the molecule is CC(NC(=O)NCc1ccccc1CN1CCCCC1)c1ccc(F)c(F)c1. The minimum absolute atomic E-state index is 0.343. The Kier molecular flexibility index (Phi) is 6.98. The molecule has 4 nitrogen and oxygen atoms in total. The van der Waals surface area contributed by atoms with Crippen molar-refractivity contribution in [1.29, 1.82) is 0 Å². The average molecular weight is 387 g/mol. The molecule has 150 valence electrons. The van der Waals surface area contributed by atoms with Gasteiger partial charge in [-0.3, -0.25) is 4.90 Å². The van der Waals surface area contributed by atoms with E-state index in [1.807, 2.05) is 18.2 Å². The summed E-state index contributed by atoms with van der Waals surface area (Å²) >= 11 is 0. The molecule has 0 aromatic heterocycles. The van der Waals surface area contributed by atoms with Gasteiger partial charge >= 0.3 is 6.03 Å². The first-order valence-electron chi connectivity index (χ1n) is 9.81.